The van der Waals surface area contributed by atoms with Crippen LogP contribution in [0.4, 0.5) is 16.0 Å². The van der Waals surface area contributed by atoms with Gasteiger partial charge in [0.2, 0.25) is 0 Å². The van der Waals surface area contributed by atoms with Crippen molar-refractivity contribution in [3.63, 3.8) is 0 Å². The molecule has 0 atom stereocenters. The number of nitrogens with one attached hydrogen (secondary N) is 2. The third-order valence-electron chi connectivity index (χ3n) is 3.15. The summed E-state index contributed by atoms with van der Waals surface area (Å²) in [6, 6.07) is 6.55. The van der Waals surface area contributed by atoms with Crippen LogP contribution in [0.25, 0.3) is 0 Å². The largest absolute Gasteiger partial charge is 0.370 e. The first-order valence-electron chi connectivity index (χ1n) is 7.17. The molecule has 2 N–H and O–H groups in total. The van der Waals surface area contributed by atoms with Crippen molar-refractivity contribution in [2.75, 3.05) is 17.2 Å². The van der Waals surface area contributed by atoms with E-state index in [1.165, 1.54) is 12.1 Å². The maximum absolute atomic E-state index is 13.2. The molecule has 0 unspecified atom stereocenters. The second-order valence-electron chi connectivity index (χ2n) is 5.00. The molecule has 4 nitrogen and oxygen atoms in total. The van der Waals surface area contributed by atoms with Gasteiger partial charge in [0.25, 0.3) is 0 Å². The number of benzene rings is 1. The fourth-order valence-electron chi connectivity index (χ4n) is 2.05. The quantitative estimate of drug-likeness (QED) is 0.851. The highest BCUT2D eigenvalue weighted by atomic mass is 19.1. The smallest absolute Gasteiger partial charge is 0.135 e. The van der Waals surface area contributed by atoms with Gasteiger partial charge in [-0.15, -0.1) is 0 Å². The zero-order valence-corrected chi connectivity index (χ0v) is 12.7. The normalized spacial score (nSPS) is 10.5. The fourth-order valence-corrected chi connectivity index (χ4v) is 2.05. The maximum atomic E-state index is 13.2. The summed E-state index contributed by atoms with van der Waals surface area (Å²) in [4.78, 5) is 8.84. The molecule has 0 aliphatic carbocycles. The molecule has 0 spiro atoms. The first-order chi connectivity index (χ1) is 10.1. The van der Waals surface area contributed by atoms with E-state index in [2.05, 4.69) is 27.5 Å². The second-order valence-corrected chi connectivity index (χ2v) is 5.00. The van der Waals surface area contributed by atoms with E-state index in [4.69, 9.17) is 0 Å². The van der Waals surface area contributed by atoms with Crippen LogP contribution < -0.4 is 10.6 Å². The molecule has 0 radical (unpaired) electrons. The molecule has 5 heteroatoms. The van der Waals surface area contributed by atoms with E-state index >= 15 is 0 Å². The lowest BCUT2D eigenvalue weighted by Crippen LogP contribution is -2.10. The number of aromatic nitrogens is 2. The van der Waals surface area contributed by atoms with Crippen molar-refractivity contribution < 1.29 is 4.39 Å². The molecule has 0 saturated heterocycles. The van der Waals surface area contributed by atoms with Gasteiger partial charge < -0.3 is 10.6 Å². The van der Waals surface area contributed by atoms with E-state index in [-0.39, 0.29) is 5.82 Å². The Morgan fingerprint density at radius 1 is 1.10 bits per heavy atom. The Hall–Kier alpha value is -2.17. The van der Waals surface area contributed by atoms with Gasteiger partial charge in [-0.3, -0.25) is 0 Å². The van der Waals surface area contributed by atoms with Crippen molar-refractivity contribution in [1.29, 1.82) is 0 Å². The summed E-state index contributed by atoms with van der Waals surface area (Å²) < 4.78 is 13.2. The van der Waals surface area contributed by atoms with Crippen LogP contribution in [0.2, 0.25) is 0 Å². The highest BCUT2D eigenvalue weighted by Gasteiger charge is 2.08. The van der Waals surface area contributed by atoms with Crippen molar-refractivity contribution in [2.24, 2.45) is 0 Å². The maximum Gasteiger partial charge on any atom is 0.135 e. The SMILES string of the molecule is CCCNc1nc(C)nc(NCc2cccc(F)c2)c1C. The molecule has 0 saturated carbocycles. The topological polar surface area (TPSA) is 49.8 Å². The Labute approximate surface area is 124 Å². The van der Waals surface area contributed by atoms with Crippen molar-refractivity contribution in [1.82, 2.24) is 9.97 Å². The Bertz CT molecular complexity index is 613. The van der Waals surface area contributed by atoms with Crippen LogP contribution in [0.15, 0.2) is 24.3 Å². The number of halogens is 1. The minimum absolute atomic E-state index is 0.227. The zero-order valence-electron chi connectivity index (χ0n) is 12.7. The number of hydrogen-bond acceptors (Lipinski definition) is 4. The van der Waals surface area contributed by atoms with Gasteiger partial charge in [0.15, 0.2) is 0 Å². The molecular formula is C16H21FN4. The Kier molecular flexibility index (Phi) is 5.09. The summed E-state index contributed by atoms with van der Waals surface area (Å²) in [7, 11) is 0. The molecule has 1 heterocycles. The van der Waals surface area contributed by atoms with E-state index in [9.17, 15) is 4.39 Å². The van der Waals surface area contributed by atoms with E-state index in [1.54, 1.807) is 6.07 Å². The van der Waals surface area contributed by atoms with Gasteiger partial charge in [0.05, 0.1) is 0 Å². The monoisotopic (exact) mass is 288 g/mol. The van der Waals surface area contributed by atoms with Crippen molar-refractivity contribution in [2.45, 2.75) is 33.7 Å². The highest BCUT2D eigenvalue weighted by Crippen LogP contribution is 2.20. The van der Waals surface area contributed by atoms with Gasteiger partial charge in [0, 0.05) is 18.7 Å². The molecule has 0 aliphatic rings. The summed E-state index contributed by atoms with van der Waals surface area (Å²) in [5.41, 5.74) is 1.86. The lowest BCUT2D eigenvalue weighted by Gasteiger charge is -2.14. The van der Waals surface area contributed by atoms with Crippen LogP contribution in [-0.4, -0.2) is 16.5 Å². The molecule has 0 amide bonds. The third-order valence-corrected chi connectivity index (χ3v) is 3.15. The average molecular weight is 288 g/mol. The van der Waals surface area contributed by atoms with Gasteiger partial charge in [-0.25, -0.2) is 14.4 Å². The van der Waals surface area contributed by atoms with E-state index < -0.39 is 0 Å². The highest BCUT2D eigenvalue weighted by molar-refractivity contribution is 5.57. The van der Waals surface area contributed by atoms with Crippen LogP contribution in [0.5, 0.6) is 0 Å². The van der Waals surface area contributed by atoms with E-state index in [0.29, 0.717) is 12.4 Å². The van der Waals surface area contributed by atoms with Crippen LogP contribution in [0, 0.1) is 19.7 Å². The van der Waals surface area contributed by atoms with Gasteiger partial charge in [-0.1, -0.05) is 19.1 Å². The molecule has 0 fully saturated rings. The lowest BCUT2D eigenvalue weighted by molar-refractivity contribution is 0.626. The summed E-state index contributed by atoms with van der Waals surface area (Å²) in [5, 5.41) is 6.56. The molecule has 0 aliphatic heterocycles. The summed E-state index contributed by atoms with van der Waals surface area (Å²) in [6.45, 7) is 7.36. The minimum atomic E-state index is -0.227. The Morgan fingerprint density at radius 3 is 2.48 bits per heavy atom. The molecule has 21 heavy (non-hydrogen) atoms. The van der Waals surface area contributed by atoms with Crippen LogP contribution in [0.1, 0.15) is 30.3 Å². The number of nitrogens with zero attached hydrogens (tertiary/aromatic N) is 2. The van der Waals surface area contributed by atoms with Crippen molar-refractivity contribution in [3.05, 3.63) is 47.0 Å². The van der Waals surface area contributed by atoms with Gasteiger partial charge >= 0.3 is 0 Å². The van der Waals surface area contributed by atoms with Gasteiger partial charge in [-0.2, -0.15) is 0 Å². The summed E-state index contributed by atoms with van der Waals surface area (Å²) in [6.07, 6.45) is 1.04. The number of rotatable bonds is 6. The zero-order chi connectivity index (χ0) is 15.2. The standard InChI is InChI=1S/C16H21FN4/c1-4-8-18-15-11(2)16(21-12(3)20-15)19-10-13-6-5-7-14(17)9-13/h5-7,9H,4,8,10H2,1-3H3,(H2,18,19,20,21). The Morgan fingerprint density at radius 2 is 1.81 bits per heavy atom. The number of hydrogen-bond donors (Lipinski definition) is 2. The molecule has 112 valence electrons. The first kappa shape index (κ1) is 15.2. The average Bonchev–Trinajstić information content (AvgIpc) is 2.46. The second kappa shape index (κ2) is 7.02. The van der Waals surface area contributed by atoms with Gasteiger partial charge in [0.1, 0.15) is 23.3 Å². The molecule has 2 aromatic rings. The number of anilines is 2. The molecule has 0 bridgehead atoms. The minimum Gasteiger partial charge on any atom is -0.370 e. The lowest BCUT2D eigenvalue weighted by atomic mass is 10.2. The number of aryl methyl sites for hydroxylation is 1. The van der Waals surface area contributed by atoms with E-state index in [0.717, 1.165) is 35.7 Å². The van der Waals surface area contributed by atoms with Gasteiger partial charge in [-0.05, 0) is 38.0 Å². The third kappa shape index (κ3) is 4.15. The Balaban J connectivity index is 2.14. The van der Waals surface area contributed by atoms with Crippen LogP contribution in [0.3, 0.4) is 0 Å². The molecular weight excluding hydrogens is 267 g/mol. The summed E-state index contributed by atoms with van der Waals surface area (Å²) in [5.74, 6) is 2.12. The van der Waals surface area contributed by atoms with Crippen LogP contribution >= 0.6 is 0 Å². The first-order valence-corrected chi connectivity index (χ1v) is 7.17. The summed E-state index contributed by atoms with van der Waals surface area (Å²) >= 11 is 0. The molecule has 1 aromatic carbocycles. The van der Waals surface area contributed by atoms with Crippen molar-refractivity contribution in [3.8, 4) is 0 Å². The fraction of sp³-hybridized carbons (Fsp3) is 0.375. The molecule has 2 rings (SSSR count). The van der Waals surface area contributed by atoms with Crippen LogP contribution in [-0.2, 0) is 6.54 Å². The predicted molar refractivity (Wildman–Crippen MR) is 84.0 cm³/mol. The van der Waals surface area contributed by atoms with Crippen molar-refractivity contribution >= 4 is 11.6 Å². The van der Waals surface area contributed by atoms with E-state index in [1.807, 2.05) is 19.9 Å². The predicted octanol–water partition coefficient (Wildman–Crippen LogP) is 3.67. The molecule has 1 aromatic heterocycles.